The standard InChI is InChI=1S/C32H30Cl2N2OS2.C2H6.Pr.Ru/c1-20-9-12-24(13-10-20)35-17-18-36(27-16-11-21(2)19-23(27)4)31(35)32(37-28-8-6-5-7-22(28)3)39-30-26(34)15-14-25(33)29(30)38;1-2;;/h3,5-16,19,31-32,38H,17-18H2,1-2,4H3;1-2H3;;/q;;;+1/p-1/t31-,32+;;;/m0.../s1. The Labute approximate surface area is 319 Å². The molecule has 1 radical (unpaired) electrons. The van der Waals surface area contributed by atoms with Crippen molar-refractivity contribution in [1.29, 1.82) is 0 Å². The van der Waals surface area contributed by atoms with E-state index in [-0.39, 0.29) is 47.5 Å². The van der Waals surface area contributed by atoms with E-state index < -0.39 is 5.44 Å². The van der Waals surface area contributed by atoms with Crippen LogP contribution in [0.5, 0.6) is 5.75 Å². The Morgan fingerprint density at radius 2 is 1.51 bits per heavy atom. The number of thioether (sulfide) groups is 1. The van der Waals surface area contributed by atoms with Crippen molar-refractivity contribution < 1.29 is 63.9 Å². The second kappa shape index (κ2) is 17.3. The van der Waals surface area contributed by atoms with Crippen LogP contribution in [0.15, 0.2) is 88.7 Å². The van der Waals surface area contributed by atoms with E-state index in [1.54, 1.807) is 12.1 Å². The number of benzene rings is 4. The molecule has 9 heteroatoms. The maximum absolute atomic E-state index is 6.95. The molecular weight excluding hydrogens is 829 g/mol. The summed E-state index contributed by atoms with van der Waals surface area (Å²) in [5.74, 6) is 0.791. The molecule has 4 aromatic carbocycles. The molecule has 0 saturated carbocycles. The van der Waals surface area contributed by atoms with Gasteiger partial charge in [-0.1, -0.05) is 13.8 Å². The molecule has 1 aliphatic heterocycles. The first-order valence-corrected chi connectivity index (χ1v) is 17.0. The maximum atomic E-state index is 6.95. The Morgan fingerprint density at radius 1 is 0.884 bits per heavy atom. The van der Waals surface area contributed by atoms with Crippen LogP contribution in [0.2, 0.25) is 10.0 Å². The number of rotatable bonds is 8. The van der Waals surface area contributed by atoms with Gasteiger partial charge in [-0.15, -0.1) is 0 Å². The van der Waals surface area contributed by atoms with Crippen molar-refractivity contribution in [3.8, 4) is 5.75 Å². The van der Waals surface area contributed by atoms with Crippen molar-refractivity contribution in [2.45, 2.75) is 56.0 Å². The first-order chi connectivity index (χ1) is 20.3. The zero-order valence-electron chi connectivity index (χ0n) is 25.0. The fourth-order valence-corrected chi connectivity index (χ4v) is 7.53. The number of nitrogens with zero attached hydrogens (tertiary/aromatic N) is 2. The maximum Gasteiger partial charge on any atom is 0 e. The van der Waals surface area contributed by atoms with E-state index in [1.165, 1.54) is 34.1 Å². The summed E-state index contributed by atoms with van der Waals surface area (Å²) >= 11 is 23.1. The number of aryl methyl sites for hydroxylation is 3. The van der Waals surface area contributed by atoms with Crippen molar-refractivity contribution >= 4 is 63.6 Å². The fourth-order valence-electron chi connectivity index (χ4n) is 5.03. The molecule has 3 nitrogen and oxygen atoms in total. The van der Waals surface area contributed by atoms with Gasteiger partial charge in [0.05, 0.1) is 0 Å². The van der Waals surface area contributed by atoms with Crippen LogP contribution in [0.1, 0.15) is 36.1 Å². The monoisotopic (exact) mass is 864 g/mol. The van der Waals surface area contributed by atoms with Gasteiger partial charge in [0, 0.05) is 41.3 Å². The fraction of sp³-hybridized carbons (Fsp3) is 0.265. The van der Waals surface area contributed by atoms with Crippen LogP contribution in [0.25, 0.3) is 0 Å². The smallest absolute Gasteiger partial charge is 0 e. The Balaban J connectivity index is 0.00000165. The summed E-state index contributed by atoms with van der Waals surface area (Å²) in [7, 11) is 0. The summed E-state index contributed by atoms with van der Waals surface area (Å²) in [6.45, 7) is 12.1. The van der Waals surface area contributed by atoms with Gasteiger partial charge in [-0.25, -0.2) is 0 Å². The Bertz CT molecular complexity index is 1540. The van der Waals surface area contributed by atoms with E-state index >= 15 is 0 Å². The molecule has 0 unspecified atom stereocenters. The predicted molar refractivity (Wildman–Crippen MR) is 181 cm³/mol. The van der Waals surface area contributed by atoms with Gasteiger partial charge in [-0.05, 0) is 0 Å². The van der Waals surface area contributed by atoms with Crippen LogP contribution in [-0.2, 0) is 30.5 Å². The summed E-state index contributed by atoms with van der Waals surface area (Å²) in [5, 5.41) is 1.07. The van der Waals surface area contributed by atoms with E-state index in [9.17, 15) is 0 Å². The van der Waals surface area contributed by atoms with Gasteiger partial charge < -0.3 is 0 Å². The minimum absolute atomic E-state index is 0. The number of anilines is 2. The second-order valence-electron chi connectivity index (χ2n) is 9.86. The quantitative estimate of drug-likeness (QED) is 0.0758. The predicted octanol–water partition coefficient (Wildman–Crippen LogP) is 9.40. The van der Waals surface area contributed by atoms with Crippen LogP contribution in [0.4, 0.5) is 11.4 Å². The van der Waals surface area contributed by atoms with E-state index in [0.29, 0.717) is 14.9 Å². The summed E-state index contributed by atoms with van der Waals surface area (Å²) in [4.78, 5) is 6.16. The van der Waals surface area contributed by atoms with Gasteiger partial charge in [0.1, 0.15) is 0 Å². The molecule has 1 fully saturated rings. The molecule has 0 N–H and O–H groups in total. The van der Waals surface area contributed by atoms with Crippen molar-refractivity contribution in [3.63, 3.8) is 0 Å². The van der Waals surface area contributed by atoms with Gasteiger partial charge in [-0.3, -0.25) is 0 Å². The number of hydrogen-bond donors (Lipinski definition) is 0. The van der Waals surface area contributed by atoms with E-state index in [0.717, 1.165) is 35.0 Å². The third-order valence-corrected chi connectivity index (χ3v) is 10.2. The largest absolute Gasteiger partial charge is 0 e. The molecule has 0 spiro atoms. The average molecular weight is 865 g/mol. The van der Waals surface area contributed by atoms with Crippen molar-refractivity contribution in [2.24, 2.45) is 0 Å². The molecule has 0 bridgehead atoms. The molecule has 0 aliphatic carbocycles. The Morgan fingerprint density at radius 3 is 2.19 bits per heavy atom. The van der Waals surface area contributed by atoms with E-state index in [4.69, 9.17) is 40.6 Å². The van der Waals surface area contributed by atoms with Crippen LogP contribution < -0.4 is 14.5 Å². The van der Waals surface area contributed by atoms with Gasteiger partial charge in [0.15, 0.2) is 0 Å². The van der Waals surface area contributed by atoms with Gasteiger partial charge in [0.25, 0.3) is 0 Å². The minimum atomic E-state index is -0.408. The summed E-state index contributed by atoms with van der Waals surface area (Å²) < 4.78 is 8.95. The van der Waals surface area contributed by atoms with Crippen LogP contribution in [0, 0.1) is 62.1 Å². The first-order valence-electron chi connectivity index (χ1n) is 13.9. The molecule has 1 heterocycles. The molecule has 224 valence electrons. The van der Waals surface area contributed by atoms with E-state index in [2.05, 4.69) is 90.9 Å². The number of halogens is 2. The number of para-hydroxylation sites is 1. The van der Waals surface area contributed by atoms with Crippen LogP contribution in [-0.4, -0.2) is 29.3 Å². The third-order valence-electron chi connectivity index (χ3n) is 7.01. The zero-order valence-corrected chi connectivity index (χ0v) is 33.5. The van der Waals surface area contributed by atoms with E-state index in [1.807, 2.05) is 42.7 Å². The van der Waals surface area contributed by atoms with Crippen molar-refractivity contribution in [2.75, 3.05) is 22.9 Å². The second-order valence-corrected chi connectivity index (χ2v) is 12.7. The third kappa shape index (κ3) is 8.76. The van der Waals surface area contributed by atoms with Gasteiger partial charge in [-0.2, -0.15) is 0 Å². The van der Waals surface area contributed by atoms with Gasteiger partial charge in [0.2, 0.25) is 0 Å². The summed E-state index contributed by atoms with van der Waals surface area (Å²) in [6, 6.07) is 26.9. The summed E-state index contributed by atoms with van der Waals surface area (Å²) in [5.41, 5.74) is 6.60. The minimum Gasteiger partial charge on any atom is 0 e. The molecule has 5 rings (SSSR count). The average Bonchev–Trinajstić information content (AvgIpc) is 3.43. The summed E-state index contributed by atoms with van der Waals surface area (Å²) in [6.07, 6.45) is -0.169. The number of hydrogen-bond acceptors (Lipinski definition) is 5. The molecule has 0 amide bonds. The van der Waals surface area contributed by atoms with Crippen LogP contribution in [0.3, 0.4) is 0 Å². The Hall–Kier alpha value is -0.713. The zero-order chi connectivity index (χ0) is 30.4. The normalized spacial score (nSPS) is 14.8. The SMILES string of the molecule is CC.Cc1ccc(N2CCN(c3ccc(C)cc3C)[C@H]2[C@H](Oc2ccccc2[CH]=[Ru+])Sc2c(Cl)ccc(Cl)c2[S-])cc1.[Pr]. The first kappa shape index (κ1) is 36.8. The van der Waals surface area contributed by atoms with Crippen molar-refractivity contribution in [3.05, 3.63) is 111 Å². The molecule has 4 aromatic rings. The number of ether oxygens (including phenoxy) is 1. The van der Waals surface area contributed by atoms with Crippen molar-refractivity contribution in [1.82, 2.24) is 0 Å². The molecule has 1 aliphatic rings. The van der Waals surface area contributed by atoms with Gasteiger partial charge >= 0.3 is 268 Å². The topological polar surface area (TPSA) is 15.7 Å². The Kier molecular flexibility index (Phi) is 14.8. The molecular formula is C34H35Cl2N2OPrRuS2. The van der Waals surface area contributed by atoms with Crippen LogP contribution >= 0.6 is 35.0 Å². The molecule has 1 saturated heterocycles. The molecule has 2 atom stereocenters. The molecule has 43 heavy (non-hydrogen) atoms. The molecule has 0 aromatic heterocycles.